The van der Waals surface area contributed by atoms with E-state index in [1.807, 2.05) is 12.1 Å². The van der Waals surface area contributed by atoms with Crippen LogP contribution in [0.5, 0.6) is 5.75 Å². The quantitative estimate of drug-likeness (QED) is 0.861. The molecule has 5 nitrogen and oxygen atoms in total. The first kappa shape index (κ1) is 15.8. The third-order valence-electron chi connectivity index (χ3n) is 2.76. The molecule has 1 fully saturated rings. The predicted molar refractivity (Wildman–Crippen MR) is 75.8 cm³/mol. The molecule has 1 aromatic carbocycles. The van der Waals surface area contributed by atoms with Gasteiger partial charge in [-0.3, -0.25) is 4.79 Å². The lowest BCUT2D eigenvalue weighted by atomic mass is 10.2. The standard InChI is InChI=1S/C13H18N2O3.ClH/c14-8-13(16)15-10-3-1-4-11(7-10)18-9-12-5-2-6-17-12;/h1,3-4,7,12H,2,5-6,8-9,14H2,(H,15,16);1H. The molecular formula is C13H19ClN2O3. The minimum atomic E-state index is -0.216. The fourth-order valence-electron chi connectivity index (χ4n) is 1.84. The first-order chi connectivity index (χ1) is 8.78. The predicted octanol–water partition coefficient (Wildman–Crippen LogP) is 1.56. The molecule has 1 aliphatic rings. The molecule has 106 valence electrons. The van der Waals surface area contributed by atoms with Crippen molar-refractivity contribution in [2.45, 2.75) is 18.9 Å². The Morgan fingerprint density at radius 3 is 3.05 bits per heavy atom. The summed E-state index contributed by atoms with van der Waals surface area (Å²) in [6.45, 7) is 1.34. The molecule has 1 aromatic rings. The smallest absolute Gasteiger partial charge is 0.238 e. The van der Waals surface area contributed by atoms with Crippen molar-refractivity contribution in [3.63, 3.8) is 0 Å². The van der Waals surface area contributed by atoms with E-state index in [1.165, 1.54) is 0 Å². The van der Waals surface area contributed by atoms with Crippen LogP contribution in [-0.4, -0.2) is 31.8 Å². The van der Waals surface area contributed by atoms with Crippen LogP contribution in [0.1, 0.15) is 12.8 Å². The van der Waals surface area contributed by atoms with Crippen molar-refractivity contribution in [1.82, 2.24) is 0 Å². The van der Waals surface area contributed by atoms with Gasteiger partial charge in [-0.15, -0.1) is 12.4 Å². The highest BCUT2D eigenvalue weighted by Crippen LogP contribution is 2.19. The van der Waals surface area contributed by atoms with Crippen LogP contribution in [0.15, 0.2) is 24.3 Å². The van der Waals surface area contributed by atoms with E-state index in [0.717, 1.165) is 25.2 Å². The lowest BCUT2D eigenvalue weighted by Gasteiger charge is -2.12. The number of amides is 1. The molecule has 0 saturated carbocycles. The Bertz CT molecular complexity index is 409. The summed E-state index contributed by atoms with van der Waals surface area (Å²) in [5.74, 6) is 0.506. The SMILES string of the molecule is Cl.NCC(=O)Nc1cccc(OCC2CCCO2)c1. The molecule has 19 heavy (non-hydrogen) atoms. The number of halogens is 1. The van der Waals surface area contributed by atoms with Crippen LogP contribution in [0.25, 0.3) is 0 Å². The molecular weight excluding hydrogens is 268 g/mol. The number of benzene rings is 1. The molecule has 1 saturated heterocycles. The number of hydrogen-bond acceptors (Lipinski definition) is 4. The van der Waals surface area contributed by atoms with Gasteiger partial charge in [0.2, 0.25) is 5.91 Å². The lowest BCUT2D eigenvalue weighted by molar-refractivity contribution is -0.114. The molecule has 0 radical (unpaired) electrons. The molecule has 0 aromatic heterocycles. The van der Waals surface area contributed by atoms with Crippen molar-refractivity contribution < 1.29 is 14.3 Å². The van der Waals surface area contributed by atoms with E-state index in [-0.39, 0.29) is 31.0 Å². The number of nitrogens with two attached hydrogens (primary N) is 1. The van der Waals surface area contributed by atoms with E-state index < -0.39 is 0 Å². The van der Waals surface area contributed by atoms with E-state index >= 15 is 0 Å². The van der Waals surface area contributed by atoms with E-state index in [2.05, 4.69) is 5.32 Å². The number of nitrogens with one attached hydrogen (secondary N) is 1. The van der Waals surface area contributed by atoms with Crippen molar-refractivity contribution in [1.29, 1.82) is 0 Å². The van der Waals surface area contributed by atoms with Gasteiger partial charge in [0.1, 0.15) is 12.4 Å². The van der Waals surface area contributed by atoms with Gasteiger partial charge in [-0.1, -0.05) is 6.07 Å². The zero-order valence-corrected chi connectivity index (χ0v) is 11.4. The van der Waals surface area contributed by atoms with Crippen molar-refractivity contribution >= 4 is 24.0 Å². The van der Waals surface area contributed by atoms with Crippen LogP contribution in [0.2, 0.25) is 0 Å². The highest BCUT2D eigenvalue weighted by atomic mass is 35.5. The minimum Gasteiger partial charge on any atom is -0.491 e. The van der Waals surface area contributed by atoms with Gasteiger partial charge in [0.05, 0.1) is 12.6 Å². The molecule has 1 unspecified atom stereocenters. The van der Waals surface area contributed by atoms with Crippen molar-refractivity contribution in [3.05, 3.63) is 24.3 Å². The highest BCUT2D eigenvalue weighted by molar-refractivity contribution is 5.92. The summed E-state index contributed by atoms with van der Waals surface area (Å²) < 4.78 is 11.1. The Balaban J connectivity index is 0.00000180. The maximum absolute atomic E-state index is 11.2. The largest absolute Gasteiger partial charge is 0.491 e. The molecule has 0 bridgehead atoms. The maximum atomic E-state index is 11.2. The lowest BCUT2D eigenvalue weighted by Crippen LogP contribution is -2.21. The Labute approximate surface area is 118 Å². The average molecular weight is 287 g/mol. The van der Waals surface area contributed by atoms with Crippen LogP contribution in [-0.2, 0) is 9.53 Å². The summed E-state index contributed by atoms with van der Waals surface area (Å²) in [5.41, 5.74) is 5.93. The second-order valence-corrected chi connectivity index (χ2v) is 4.23. The van der Waals surface area contributed by atoms with Crippen molar-refractivity contribution in [3.8, 4) is 5.75 Å². The summed E-state index contributed by atoms with van der Waals surface area (Å²) in [7, 11) is 0. The zero-order valence-electron chi connectivity index (χ0n) is 10.6. The Morgan fingerprint density at radius 2 is 2.37 bits per heavy atom. The molecule has 1 amide bonds. The first-order valence-electron chi connectivity index (χ1n) is 6.12. The second kappa shape index (κ2) is 7.99. The van der Waals surface area contributed by atoms with Crippen molar-refractivity contribution in [2.24, 2.45) is 5.73 Å². The Hall–Kier alpha value is -1.30. The maximum Gasteiger partial charge on any atom is 0.238 e. The van der Waals surface area contributed by atoms with E-state index in [0.29, 0.717) is 12.3 Å². The minimum absolute atomic E-state index is 0. The number of carbonyl (C=O) groups is 1. The highest BCUT2D eigenvalue weighted by Gasteiger charge is 2.15. The number of carbonyl (C=O) groups excluding carboxylic acids is 1. The van der Waals surface area contributed by atoms with Gasteiger partial charge in [0, 0.05) is 18.4 Å². The normalized spacial score (nSPS) is 17.6. The fourth-order valence-corrected chi connectivity index (χ4v) is 1.84. The summed E-state index contributed by atoms with van der Waals surface area (Å²) in [5, 5.41) is 2.68. The monoisotopic (exact) mass is 286 g/mol. The van der Waals surface area contributed by atoms with Crippen LogP contribution in [0.3, 0.4) is 0 Å². The molecule has 3 N–H and O–H groups in total. The zero-order chi connectivity index (χ0) is 12.8. The van der Waals surface area contributed by atoms with Gasteiger partial charge in [-0.05, 0) is 25.0 Å². The van der Waals surface area contributed by atoms with Crippen LogP contribution in [0, 0.1) is 0 Å². The molecule has 2 rings (SSSR count). The molecule has 0 aliphatic carbocycles. The van der Waals surface area contributed by atoms with E-state index in [1.54, 1.807) is 12.1 Å². The number of anilines is 1. The molecule has 0 spiro atoms. The number of ether oxygens (including phenoxy) is 2. The van der Waals surface area contributed by atoms with Crippen LogP contribution in [0.4, 0.5) is 5.69 Å². The third-order valence-corrected chi connectivity index (χ3v) is 2.76. The fraction of sp³-hybridized carbons (Fsp3) is 0.462. The summed E-state index contributed by atoms with van der Waals surface area (Å²) in [4.78, 5) is 11.2. The summed E-state index contributed by atoms with van der Waals surface area (Å²) in [6.07, 6.45) is 2.33. The van der Waals surface area contributed by atoms with Crippen molar-refractivity contribution in [2.75, 3.05) is 25.1 Å². The van der Waals surface area contributed by atoms with Gasteiger partial charge in [-0.25, -0.2) is 0 Å². The average Bonchev–Trinajstić information content (AvgIpc) is 2.90. The topological polar surface area (TPSA) is 73.6 Å². The van der Waals surface area contributed by atoms with Gasteiger partial charge >= 0.3 is 0 Å². The first-order valence-corrected chi connectivity index (χ1v) is 6.12. The van der Waals surface area contributed by atoms with Gasteiger partial charge in [0.15, 0.2) is 0 Å². The molecule has 1 atom stereocenters. The second-order valence-electron chi connectivity index (χ2n) is 4.23. The van der Waals surface area contributed by atoms with Crippen LogP contribution >= 0.6 is 12.4 Å². The van der Waals surface area contributed by atoms with Gasteiger partial charge < -0.3 is 20.5 Å². The van der Waals surface area contributed by atoms with Gasteiger partial charge in [-0.2, -0.15) is 0 Å². The molecule has 1 aliphatic heterocycles. The van der Waals surface area contributed by atoms with Gasteiger partial charge in [0.25, 0.3) is 0 Å². The third kappa shape index (κ3) is 5.06. The Morgan fingerprint density at radius 1 is 1.53 bits per heavy atom. The van der Waals surface area contributed by atoms with E-state index in [9.17, 15) is 4.79 Å². The summed E-state index contributed by atoms with van der Waals surface area (Å²) in [6, 6.07) is 7.26. The van der Waals surface area contributed by atoms with Crippen LogP contribution < -0.4 is 15.8 Å². The Kier molecular flexibility index (Phi) is 6.62. The molecule has 6 heteroatoms. The number of rotatable bonds is 5. The summed E-state index contributed by atoms with van der Waals surface area (Å²) >= 11 is 0. The van der Waals surface area contributed by atoms with E-state index in [4.69, 9.17) is 15.2 Å². The molecule has 1 heterocycles. The number of hydrogen-bond donors (Lipinski definition) is 2.